The number of hydrogen-bond donors (Lipinski definition) is 1. The molecule has 1 N–H and O–H groups in total. The molecule has 1 aromatic carbocycles. The standard InChI is InChI=1S/C20H20N2O4/c1-26-15-5-3-2-4-14(15)21-16(23)9-22-19(24)17-10-6-7-11(13-8-12(10)13)18(17)20(22)25/h2-7,10-13,17-18H,8-9H2,1H3,(H,21,23)/t10-,11+,12+,13-,17+,18-. The zero-order chi connectivity index (χ0) is 18.0. The molecule has 1 aromatic rings. The summed E-state index contributed by atoms with van der Waals surface area (Å²) in [4.78, 5) is 39.4. The molecule has 1 aliphatic heterocycles. The number of likely N-dealkylation sites (tertiary alicyclic amines) is 1. The lowest BCUT2D eigenvalue weighted by atomic mass is 9.63. The van der Waals surface area contributed by atoms with Crippen LogP contribution in [0, 0.1) is 35.5 Å². The van der Waals surface area contributed by atoms with Crippen LogP contribution in [0.3, 0.4) is 0 Å². The number of nitrogens with zero attached hydrogens (tertiary/aromatic N) is 1. The van der Waals surface area contributed by atoms with Crippen molar-refractivity contribution < 1.29 is 19.1 Å². The van der Waals surface area contributed by atoms with Crippen molar-refractivity contribution in [2.24, 2.45) is 35.5 Å². The molecular formula is C20H20N2O4. The van der Waals surface area contributed by atoms with Crippen LogP contribution in [0.4, 0.5) is 5.69 Å². The van der Waals surface area contributed by atoms with Crippen molar-refractivity contribution in [2.75, 3.05) is 19.0 Å². The predicted molar refractivity (Wildman–Crippen MR) is 93.0 cm³/mol. The maximum Gasteiger partial charge on any atom is 0.244 e. The number of nitrogens with one attached hydrogen (secondary N) is 1. The van der Waals surface area contributed by atoms with E-state index in [4.69, 9.17) is 4.74 Å². The van der Waals surface area contributed by atoms with Crippen molar-refractivity contribution in [1.29, 1.82) is 0 Å². The predicted octanol–water partition coefficient (Wildman–Crippen LogP) is 1.69. The Labute approximate surface area is 151 Å². The minimum atomic E-state index is -0.389. The van der Waals surface area contributed by atoms with Crippen molar-refractivity contribution in [3.05, 3.63) is 36.4 Å². The molecule has 26 heavy (non-hydrogen) atoms. The number of allylic oxidation sites excluding steroid dienone is 2. The van der Waals surface area contributed by atoms with E-state index >= 15 is 0 Å². The molecule has 6 rings (SSSR count). The molecule has 0 aromatic heterocycles. The molecule has 1 heterocycles. The van der Waals surface area contributed by atoms with Gasteiger partial charge in [-0.15, -0.1) is 0 Å². The molecule has 6 nitrogen and oxygen atoms in total. The first-order valence-electron chi connectivity index (χ1n) is 9.06. The van der Waals surface area contributed by atoms with E-state index in [-0.39, 0.29) is 47.9 Å². The average molecular weight is 352 g/mol. The Bertz CT molecular complexity index is 812. The number of amides is 3. The highest BCUT2D eigenvalue weighted by atomic mass is 16.5. The second kappa shape index (κ2) is 5.43. The van der Waals surface area contributed by atoms with E-state index in [2.05, 4.69) is 17.5 Å². The number of methoxy groups -OCH3 is 1. The highest BCUT2D eigenvalue weighted by molar-refractivity contribution is 6.09. The summed E-state index contributed by atoms with van der Waals surface area (Å²) in [7, 11) is 1.53. The number of anilines is 1. The molecule has 0 radical (unpaired) electrons. The van der Waals surface area contributed by atoms with Gasteiger partial charge in [-0.3, -0.25) is 19.3 Å². The van der Waals surface area contributed by atoms with Gasteiger partial charge in [0.05, 0.1) is 24.6 Å². The summed E-state index contributed by atoms with van der Waals surface area (Å²) in [6.07, 6.45) is 5.39. The largest absolute Gasteiger partial charge is 0.495 e. The SMILES string of the molecule is COc1ccccc1NC(=O)CN1C(=O)[C@@H]2[C@H]3C=C[C@H]([C@@H]4C[C@H]34)[C@@H]2C1=O. The lowest BCUT2D eigenvalue weighted by Gasteiger charge is -2.37. The fraction of sp³-hybridized carbons (Fsp3) is 0.450. The van der Waals surface area contributed by atoms with Gasteiger partial charge in [-0.25, -0.2) is 0 Å². The molecule has 134 valence electrons. The second-order valence-electron chi connectivity index (χ2n) is 7.67. The third kappa shape index (κ3) is 2.08. The number of carbonyl (C=O) groups excluding carboxylic acids is 3. The van der Waals surface area contributed by atoms with E-state index in [0.29, 0.717) is 23.3 Å². The van der Waals surface area contributed by atoms with Gasteiger partial charge in [-0.2, -0.15) is 0 Å². The number of hydrogen-bond acceptors (Lipinski definition) is 4. The number of carbonyl (C=O) groups is 3. The van der Waals surface area contributed by atoms with Crippen LogP contribution in [-0.2, 0) is 14.4 Å². The molecule has 0 unspecified atom stereocenters. The van der Waals surface area contributed by atoms with E-state index in [0.717, 1.165) is 11.3 Å². The van der Waals surface area contributed by atoms with Crippen molar-refractivity contribution in [3.63, 3.8) is 0 Å². The Morgan fingerprint density at radius 3 is 2.35 bits per heavy atom. The summed E-state index contributed by atoms with van der Waals surface area (Å²) >= 11 is 0. The Morgan fingerprint density at radius 1 is 1.12 bits per heavy atom. The zero-order valence-corrected chi connectivity index (χ0v) is 14.4. The maximum atomic E-state index is 12.9. The highest BCUT2D eigenvalue weighted by Gasteiger charge is 2.67. The molecule has 5 aliphatic rings. The van der Waals surface area contributed by atoms with Crippen LogP contribution < -0.4 is 10.1 Å². The van der Waals surface area contributed by atoms with Crippen LogP contribution in [0.15, 0.2) is 36.4 Å². The Morgan fingerprint density at radius 2 is 1.73 bits per heavy atom. The Hall–Kier alpha value is -2.63. The van der Waals surface area contributed by atoms with Gasteiger partial charge < -0.3 is 10.1 Å². The van der Waals surface area contributed by atoms with Gasteiger partial charge in [0, 0.05) is 0 Å². The topological polar surface area (TPSA) is 75.7 Å². The molecule has 6 heteroatoms. The summed E-state index contributed by atoms with van der Waals surface area (Å²) in [5.74, 6) is 0.731. The summed E-state index contributed by atoms with van der Waals surface area (Å²) < 4.78 is 5.22. The fourth-order valence-corrected chi connectivity index (χ4v) is 5.26. The van der Waals surface area contributed by atoms with E-state index in [1.807, 2.05) is 0 Å². The van der Waals surface area contributed by atoms with Crippen LogP contribution in [0.2, 0.25) is 0 Å². The van der Waals surface area contributed by atoms with Gasteiger partial charge in [-0.1, -0.05) is 24.3 Å². The third-order valence-corrected chi connectivity index (χ3v) is 6.44. The first kappa shape index (κ1) is 15.6. The van der Waals surface area contributed by atoms with Crippen molar-refractivity contribution in [1.82, 2.24) is 4.90 Å². The van der Waals surface area contributed by atoms with Crippen molar-refractivity contribution >= 4 is 23.4 Å². The van der Waals surface area contributed by atoms with Gasteiger partial charge in [0.1, 0.15) is 12.3 Å². The number of para-hydroxylation sites is 2. The minimum Gasteiger partial charge on any atom is -0.495 e. The number of benzene rings is 1. The normalized spacial score (nSPS) is 36.0. The van der Waals surface area contributed by atoms with Gasteiger partial charge in [0.2, 0.25) is 17.7 Å². The lowest BCUT2D eigenvalue weighted by Crippen LogP contribution is -2.40. The van der Waals surface area contributed by atoms with Crippen LogP contribution in [-0.4, -0.2) is 36.3 Å². The van der Waals surface area contributed by atoms with Gasteiger partial charge >= 0.3 is 0 Å². The van der Waals surface area contributed by atoms with E-state index < -0.39 is 0 Å². The molecular weight excluding hydrogens is 332 g/mol. The first-order chi connectivity index (χ1) is 12.6. The van der Waals surface area contributed by atoms with Crippen LogP contribution in [0.25, 0.3) is 0 Å². The average Bonchev–Trinajstić information content (AvgIpc) is 3.43. The summed E-state index contributed by atoms with van der Waals surface area (Å²) in [5.41, 5.74) is 0.527. The molecule has 4 aliphatic carbocycles. The van der Waals surface area contributed by atoms with E-state index in [1.165, 1.54) is 7.11 Å². The van der Waals surface area contributed by atoms with E-state index in [9.17, 15) is 14.4 Å². The van der Waals surface area contributed by atoms with Gasteiger partial charge in [0.25, 0.3) is 0 Å². The third-order valence-electron chi connectivity index (χ3n) is 6.44. The second-order valence-corrected chi connectivity index (χ2v) is 7.67. The number of ether oxygens (including phenoxy) is 1. The smallest absolute Gasteiger partial charge is 0.244 e. The van der Waals surface area contributed by atoms with Gasteiger partial charge in [-0.05, 0) is 42.2 Å². The summed E-state index contributed by atoms with van der Waals surface area (Å²) in [5, 5.41) is 2.74. The van der Waals surface area contributed by atoms with Crippen LogP contribution in [0.1, 0.15) is 6.42 Å². The molecule has 1 saturated heterocycles. The fourth-order valence-electron chi connectivity index (χ4n) is 5.26. The van der Waals surface area contributed by atoms with Crippen molar-refractivity contribution in [2.45, 2.75) is 6.42 Å². The molecule has 2 saturated carbocycles. The molecule has 3 fully saturated rings. The Balaban J connectivity index is 1.33. The molecule has 6 atom stereocenters. The summed E-state index contributed by atoms with van der Waals surface area (Å²) in [6.45, 7) is -0.239. The van der Waals surface area contributed by atoms with E-state index in [1.54, 1.807) is 24.3 Å². The van der Waals surface area contributed by atoms with Crippen molar-refractivity contribution in [3.8, 4) is 5.75 Å². The monoisotopic (exact) mass is 352 g/mol. The quantitative estimate of drug-likeness (QED) is 0.661. The maximum absolute atomic E-state index is 12.9. The minimum absolute atomic E-state index is 0.175. The number of rotatable bonds is 4. The molecule has 3 amide bonds. The molecule has 0 spiro atoms. The van der Waals surface area contributed by atoms with Crippen LogP contribution in [0.5, 0.6) is 5.75 Å². The first-order valence-corrected chi connectivity index (χ1v) is 9.06. The highest BCUT2D eigenvalue weighted by Crippen LogP contribution is 2.65. The Kier molecular flexibility index (Phi) is 3.26. The zero-order valence-electron chi connectivity index (χ0n) is 14.4. The lowest BCUT2D eigenvalue weighted by molar-refractivity contribution is -0.142. The number of imide groups is 1. The van der Waals surface area contributed by atoms with Gasteiger partial charge in [0.15, 0.2) is 0 Å². The van der Waals surface area contributed by atoms with Crippen LogP contribution >= 0.6 is 0 Å². The molecule has 2 bridgehead atoms. The summed E-state index contributed by atoms with van der Waals surface area (Å²) in [6, 6.07) is 7.06.